The predicted octanol–water partition coefficient (Wildman–Crippen LogP) is 1.34. The highest BCUT2D eigenvalue weighted by Gasteiger charge is 2.31. The molecule has 0 unspecified atom stereocenters. The van der Waals surface area contributed by atoms with Gasteiger partial charge in [0.15, 0.2) is 0 Å². The molecule has 5 nitrogen and oxygen atoms in total. The number of amides is 2. The van der Waals surface area contributed by atoms with E-state index in [1.165, 1.54) is 12.8 Å². The Labute approximate surface area is 123 Å². The zero-order valence-electron chi connectivity index (χ0n) is 13.1. The van der Waals surface area contributed by atoms with E-state index in [0.29, 0.717) is 6.54 Å². The summed E-state index contributed by atoms with van der Waals surface area (Å²) < 4.78 is 0. The Balaban J connectivity index is 1.85. The highest BCUT2D eigenvalue weighted by Crippen LogP contribution is 2.17. The van der Waals surface area contributed by atoms with Crippen LogP contribution in [-0.2, 0) is 0 Å². The van der Waals surface area contributed by atoms with Crippen LogP contribution in [0.4, 0.5) is 4.79 Å². The molecule has 0 spiro atoms. The maximum atomic E-state index is 12.5. The van der Waals surface area contributed by atoms with E-state index in [1.54, 1.807) is 0 Å². The average molecular weight is 282 g/mol. The van der Waals surface area contributed by atoms with E-state index in [-0.39, 0.29) is 11.6 Å². The Morgan fingerprint density at radius 3 is 1.90 bits per heavy atom. The predicted molar refractivity (Wildman–Crippen MR) is 81.7 cm³/mol. The topological polar surface area (TPSA) is 52.8 Å². The van der Waals surface area contributed by atoms with Crippen molar-refractivity contribution in [3.63, 3.8) is 0 Å². The second-order valence-corrected chi connectivity index (χ2v) is 6.67. The molecule has 5 heteroatoms. The van der Waals surface area contributed by atoms with Crippen LogP contribution in [0.5, 0.6) is 0 Å². The first-order valence-corrected chi connectivity index (χ1v) is 8.03. The van der Waals surface area contributed by atoms with Crippen LogP contribution in [0.2, 0.25) is 0 Å². The van der Waals surface area contributed by atoms with E-state index >= 15 is 0 Å². The number of piperazine rings is 1. The quantitative estimate of drug-likeness (QED) is 0.831. The van der Waals surface area contributed by atoms with Crippen molar-refractivity contribution in [3.8, 4) is 0 Å². The van der Waals surface area contributed by atoms with Crippen molar-refractivity contribution in [2.45, 2.75) is 45.1 Å². The summed E-state index contributed by atoms with van der Waals surface area (Å²) in [5.41, 5.74) is 5.87. The maximum Gasteiger partial charge on any atom is 0.320 e. The molecular weight excluding hydrogens is 252 g/mol. The van der Waals surface area contributed by atoms with Crippen LogP contribution in [0.1, 0.15) is 39.5 Å². The molecule has 116 valence electrons. The molecule has 0 radical (unpaired) electrons. The summed E-state index contributed by atoms with van der Waals surface area (Å²) in [6, 6.07) is 0.247. The average Bonchev–Trinajstić information content (AvgIpc) is 2.75. The van der Waals surface area contributed by atoms with Gasteiger partial charge in [-0.2, -0.15) is 0 Å². The lowest BCUT2D eigenvalue weighted by molar-refractivity contribution is 0.0595. The molecule has 0 bridgehead atoms. The van der Waals surface area contributed by atoms with E-state index in [2.05, 4.69) is 23.6 Å². The van der Waals surface area contributed by atoms with E-state index < -0.39 is 0 Å². The molecule has 2 rings (SSSR count). The summed E-state index contributed by atoms with van der Waals surface area (Å²) in [7, 11) is 0. The van der Waals surface area contributed by atoms with Crippen molar-refractivity contribution in [1.82, 2.24) is 14.7 Å². The molecule has 20 heavy (non-hydrogen) atoms. The van der Waals surface area contributed by atoms with Crippen molar-refractivity contribution in [3.05, 3.63) is 0 Å². The number of carbonyl (C=O) groups excluding carboxylic acids is 1. The molecular formula is C15H30N4O. The third kappa shape index (κ3) is 3.64. The van der Waals surface area contributed by atoms with Crippen LogP contribution >= 0.6 is 0 Å². The summed E-state index contributed by atoms with van der Waals surface area (Å²) in [4.78, 5) is 19.0. The SMILES string of the molecule is CC(C)(CN)N1CCN(C(=O)N2CCCCCC2)CC1. The molecule has 2 fully saturated rings. The number of hydrogen-bond donors (Lipinski definition) is 1. The molecule has 0 aromatic rings. The minimum absolute atomic E-state index is 0.0394. The first-order chi connectivity index (χ1) is 9.54. The van der Waals surface area contributed by atoms with Crippen LogP contribution < -0.4 is 5.73 Å². The van der Waals surface area contributed by atoms with Crippen molar-refractivity contribution in [1.29, 1.82) is 0 Å². The number of nitrogens with zero attached hydrogens (tertiary/aromatic N) is 3. The number of rotatable bonds is 2. The summed E-state index contributed by atoms with van der Waals surface area (Å²) >= 11 is 0. The standard InChI is InChI=1S/C15H30N4O/c1-15(2,13-16)19-11-9-18(10-12-19)14(20)17-7-5-3-4-6-8-17/h3-13,16H2,1-2H3. The van der Waals surface area contributed by atoms with Gasteiger partial charge in [0.05, 0.1) is 0 Å². The Bertz CT molecular complexity index is 316. The van der Waals surface area contributed by atoms with Crippen molar-refractivity contribution in [2.75, 3.05) is 45.8 Å². The van der Waals surface area contributed by atoms with Gasteiger partial charge in [0.2, 0.25) is 0 Å². The van der Waals surface area contributed by atoms with Crippen LogP contribution in [0.3, 0.4) is 0 Å². The van der Waals surface area contributed by atoms with Gasteiger partial charge >= 0.3 is 6.03 Å². The smallest absolute Gasteiger partial charge is 0.320 e. The zero-order valence-corrected chi connectivity index (χ0v) is 13.1. The van der Waals surface area contributed by atoms with Crippen molar-refractivity contribution < 1.29 is 4.79 Å². The van der Waals surface area contributed by atoms with E-state index in [4.69, 9.17) is 5.73 Å². The molecule has 0 aliphatic carbocycles. The molecule has 2 amide bonds. The summed E-state index contributed by atoms with van der Waals surface area (Å²) in [6.07, 6.45) is 4.85. The van der Waals surface area contributed by atoms with Gasteiger partial charge in [0.25, 0.3) is 0 Å². The van der Waals surface area contributed by atoms with Gasteiger partial charge in [-0.25, -0.2) is 4.79 Å². The summed E-state index contributed by atoms with van der Waals surface area (Å²) in [5, 5.41) is 0. The van der Waals surface area contributed by atoms with Gasteiger partial charge in [-0.3, -0.25) is 4.90 Å². The molecule has 2 aliphatic heterocycles. The van der Waals surface area contributed by atoms with Crippen molar-refractivity contribution in [2.24, 2.45) is 5.73 Å². The number of likely N-dealkylation sites (tertiary alicyclic amines) is 1. The van der Waals surface area contributed by atoms with Gasteiger partial charge in [-0.1, -0.05) is 12.8 Å². The van der Waals surface area contributed by atoms with Gasteiger partial charge in [-0.15, -0.1) is 0 Å². The first kappa shape index (κ1) is 15.6. The largest absolute Gasteiger partial charge is 0.329 e. The molecule has 0 aromatic carbocycles. The highest BCUT2D eigenvalue weighted by molar-refractivity contribution is 5.74. The second-order valence-electron chi connectivity index (χ2n) is 6.67. The lowest BCUT2D eigenvalue weighted by atomic mass is 10.0. The lowest BCUT2D eigenvalue weighted by Crippen LogP contribution is -2.59. The highest BCUT2D eigenvalue weighted by atomic mass is 16.2. The fourth-order valence-electron chi connectivity index (χ4n) is 3.09. The Kier molecular flexibility index (Phi) is 5.27. The Morgan fingerprint density at radius 1 is 0.900 bits per heavy atom. The second kappa shape index (κ2) is 6.76. The summed E-state index contributed by atoms with van der Waals surface area (Å²) in [6.45, 7) is 10.4. The van der Waals surface area contributed by atoms with Crippen molar-refractivity contribution >= 4 is 6.03 Å². The van der Waals surface area contributed by atoms with E-state index in [9.17, 15) is 4.79 Å². The van der Waals surface area contributed by atoms with Gasteiger partial charge < -0.3 is 15.5 Å². The number of carbonyl (C=O) groups is 1. The molecule has 2 saturated heterocycles. The Hall–Kier alpha value is -0.810. The van der Waals surface area contributed by atoms with Gasteiger partial charge in [0, 0.05) is 51.4 Å². The fourth-order valence-corrected chi connectivity index (χ4v) is 3.09. The molecule has 0 aromatic heterocycles. The maximum absolute atomic E-state index is 12.5. The fraction of sp³-hybridized carbons (Fsp3) is 0.933. The van der Waals surface area contributed by atoms with Gasteiger partial charge in [0.1, 0.15) is 0 Å². The molecule has 2 aliphatic rings. The molecule has 2 heterocycles. The minimum Gasteiger partial charge on any atom is -0.329 e. The normalized spacial score (nSPS) is 22.8. The van der Waals surface area contributed by atoms with Crippen LogP contribution in [-0.4, -0.2) is 72.1 Å². The number of urea groups is 1. The zero-order chi connectivity index (χ0) is 14.6. The van der Waals surface area contributed by atoms with Gasteiger partial charge in [-0.05, 0) is 26.7 Å². The van der Waals surface area contributed by atoms with Crippen LogP contribution in [0.15, 0.2) is 0 Å². The lowest BCUT2D eigenvalue weighted by Gasteiger charge is -2.44. The third-order valence-corrected chi connectivity index (χ3v) is 4.78. The molecule has 0 saturated carbocycles. The summed E-state index contributed by atoms with van der Waals surface area (Å²) in [5.74, 6) is 0. The first-order valence-electron chi connectivity index (χ1n) is 8.03. The Morgan fingerprint density at radius 2 is 1.40 bits per heavy atom. The minimum atomic E-state index is 0.0394. The third-order valence-electron chi connectivity index (χ3n) is 4.78. The number of nitrogens with two attached hydrogens (primary N) is 1. The van der Waals surface area contributed by atoms with E-state index in [0.717, 1.165) is 52.1 Å². The molecule has 2 N–H and O–H groups in total. The van der Waals surface area contributed by atoms with Crippen LogP contribution in [0, 0.1) is 0 Å². The monoisotopic (exact) mass is 282 g/mol. The number of hydrogen-bond acceptors (Lipinski definition) is 3. The molecule has 0 atom stereocenters. The van der Waals surface area contributed by atoms with E-state index in [1.807, 2.05) is 4.90 Å². The van der Waals surface area contributed by atoms with Crippen LogP contribution in [0.25, 0.3) is 0 Å².